The Morgan fingerprint density at radius 2 is 1.60 bits per heavy atom. The van der Waals surface area contributed by atoms with Gasteiger partial charge in [0.25, 0.3) is 0 Å². The van der Waals surface area contributed by atoms with E-state index < -0.39 is 0 Å². The van der Waals surface area contributed by atoms with E-state index in [2.05, 4.69) is 30.3 Å². The first kappa shape index (κ1) is 11.2. The number of carbonyl (C=O) groups is 1. The van der Waals surface area contributed by atoms with Crippen LogP contribution < -0.4 is 0 Å². The first-order chi connectivity index (χ1) is 9.81. The van der Waals surface area contributed by atoms with Gasteiger partial charge in [0, 0.05) is 11.6 Å². The quantitative estimate of drug-likeness (QED) is 0.485. The van der Waals surface area contributed by atoms with Crippen molar-refractivity contribution in [2.45, 2.75) is 6.10 Å². The summed E-state index contributed by atoms with van der Waals surface area (Å²) in [6, 6.07) is 18.7. The molecule has 0 aliphatic carbocycles. The van der Waals surface area contributed by atoms with Crippen molar-refractivity contribution >= 4 is 27.5 Å². The Kier molecular flexibility index (Phi) is 2.36. The molecule has 0 aromatic heterocycles. The van der Waals surface area contributed by atoms with Crippen LogP contribution in [-0.4, -0.2) is 5.97 Å². The predicted octanol–water partition coefficient (Wildman–Crippen LogP) is 4.15. The number of carbonyl (C=O) groups excluding carboxylic acids is 1. The fraction of sp³-hybridized carbons (Fsp3) is 0.0556. The van der Waals surface area contributed by atoms with E-state index in [9.17, 15) is 4.79 Å². The van der Waals surface area contributed by atoms with Crippen molar-refractivity contribution in [3.8, 4) is 0 Å². The maximum absolute atomic E-state index is 11.3. The highest BCUT2D eigenvalue weighted by Crippen LogP contribution is 2.32. The van der Waals surface area contributed by atoms with Crippen LogP contribution in [0, 0.1) is 0 Å². The van der Waals surface area contributed by atoms with E-state index in [0.29, 0.717) is 0 Å². The molecule has 1 unspecified atom stereocenters. The molecule has 2 nitrogen and oxygen atoms in total. The molecule has 3 aromatic rings. The lowest BCUT2D eigenvalue weighted by Gasteiger charge is -2.13. The third kappa shape index (κ3) is 1.69. The van der Waals surface area contributed by atoms with Crippen LogP contribution >= 0.6 is 0 Å². The number of hydrogen-bond donors (Lipinski definition) is 0. The van der Waals surface area contributed by atoms with Crippen molar-refractivity contribution in [3.63, 3.8) is 0 Å². The average molecular weight is 260 g/mol. The zero-order valence-corrected chi connectivity index (χ0v) is 10.7. The first-order valence-corrected chi connectivity index (χ1v) is 6.61. The van der Waals surface area contributed by atoms with Gasteiger partial charge in [-0.15, -0.1) is 0 Å². The van der Waals surface area contributed by atoms with Gasteiger partial charge >= 0.3 is 5.97 Å². The van der Waals surface area contributed by atoms with Gasteiger partial charge < -0.3 is 4.74 Å². The Balaban J connectivity index is 1.99. The van der Waals surface area contributed by atoms with Crippen LogP contribution in [0.3, 0.4) is 0 Å². The maximum Gasteiger partial charge on any atom is 0.331 e. The zero-order valence-electron chi connectivity index (χ0n) is 10.7. The topological polar surface area (TPSA) is 26.3 Å². The van der Waals surface area contributed by atoms with Gasteiger partial charge in [-0.25, -0.2) is 4.79 Å². The van der Waals surface area contributed by atoms with Gasteiger partial charge in [0.1, 0.15) is 6.10 Å². The van der Waals surface area contributed by atoms with Crippen molar-refractivity contribution < 1.29 is 9.53 Å². The van der Waals surface area contributed by atoms with Crippen molar-refractivity contribution in [2.24, 2.45) is 0 Å². The molecular formula is C18H12O2. The predicted molar refractivity (Wildman–Crippen MR) is 79.4 cm³/mol. The van der Waals surface area contributed by atoms with Gasteiger partial charge in [0.2, 0.25) is 0 Å². The van der Waals surface area contributed by atoms with Crippen LogP contribution in [0.25, 0.3) is 21.5 Å². The minimum atomic E-state index is -0.271. The molecular weight excluding hydrogens is 248 g/mol. The molecule has 1 aliphatic rings. The third-order valence-electron chi connectivity index (χ3n) is 3.74. The molecule has 0 amide bonds. The minimum Gasteiger partial charge on any atom is -0.450 e. The second kappa shape index (κ2) is 4.20. The molecule has 1 atom stereocenters. The monoisotopic (exact) mass is 260 g/mol. The molecule has 0 saturated carbocycles. The average Bonchev–Trinajstić information content (AvgIpc) is 2.91. The van der Waals surface area contributed by atoms with E-state index in [0.717, 1.165) is 16.3 Å². The molecule has 3 aromatic carbocycles. The van der Waals surface area contributed by atoms with Crippen LogP contribution in [0.5, 0.6) is 0 Å². The fourth-order valence-corrected chi connectivity index (χ4v) is 2.78. The maximum atomic E-state index is 11.3. The lowest BCUT2D eigenvalue weighted by atomic mass is 9.97. The second-order valence-electron chi connectivity index (χ2n) is 4.98. The number of fused-ring (bicyclic) bond motifs is 2. The summed E-state index contributed by atoms with van der Waals surface area (Å²) in [6.45, 7) is 0. The highest BCUT2D eigenvalue weighted by Gasteiger charge is 2.20. The lowest BCUT2D eigenvalue weighted by Crippen LogP contribution is -2.00. The molecule has 2 heteroatoms. The Labute approximate surface area is 116 Å². The summed E-state index contributed by atoms with van der Waals surface area (Å²) < 4.78 is 5.32. The molecule has 1 aliphatic heterocycles. The standard InChI is InChI=1S/C18H12O2/c19-18-9-8-17(20-18)15-7-3-6-14-10-12-4-1-2-5-13(12)11-16(14)15/h1-11,17H. The van der Waals surface area contributed by atoms with Crippen LogP contribution in [0.1, 0.15) is 11.7 Å². The first-order valence-electron chi connectivity index (χ1n) is 6.61. The smallest absolute Gasteiger partial charge is 0.331 e. The van der Waals surface area contributed by atoms with Crippen LogP contribution in [0.4, 0.5) is 0 Å². The summed E-state index contributed by atoms with van der Waals surface area (Å²) >= 11 is 0. The second-order valence-corrected chi connectivity index (χ2v) is 4.98. The molecule has 4 rings (SSSR count). The molecule has 96 valence electrons. The largest absolute Gasteiger partial charge is 0.450 e. The van der Waals surface area contributed by atoms with E-state index in [1.807, 2.05) is 30.3 Å². The van der Waals surface area contributed by atoms with Gasteiger partial charge in [-0.2, -0.15) is 0 Å². The Hall–Kier alpha value is -2.61. The number of esters is 1. The SMILES string of the molecule is O=C1C=CC(c2cccc3cc4ccccc4cc23)O1. The van der Waals surface area contributed by atoms with E-state index in [1.165, 1.54) is 16.8 Å². The number of benzene rings is 3. The normalized spacial score (nSPS) is 17.8. The minimum absolute atomic E-state index is 0.271. The molecule has 20 heavy (non-hydrogen) atoms. The summed E-state index contributed by atoms with van der Waals surface area (Å²) in [6.07, 6.45) is 3.03. The van der Waals surface area contributed by atoms with Gasteiger partial charge in [-0.1, -0.05) is 42.5 Å². The number of rotatable bonds is 1. The zero-order chi connectivity index (χ0) is 13.5. The number of hydrogen-bond acceptors (Lipinski definition) is 2. The van der Waals surface area contributed by atoms with Crippen molar-refractivity contribution in [3.05, 3.63) is 72.3 Å². The van der Waals surface area contributed by atoms with E-state index in [1.54, 1.807) is 0 Å². The van der Waals surface area contributed by atoms with Gasteiger partial charge in [-0.05, 0) is 39.8 Å². The molecule has 0 radical (unpaired) electrons. The highest BCUT2D eigenvalue weighted by molar-refractivity contribution is 6.00. The molecule has 0 fully saturated rings. The van der Waals surface area contributed by atoms with E-state index >= 15 is 0 Å². The van der Waals surface area contributed by atoms with Gasteiger partial charge in [0.15, 0.2) is 0 Å². The van der Waals surface area contributed by atoms with Crippen LogP contribution in [0.15, 0.2) is 66.7 Å². The van der Waals surface area contributed by atoms with E-state index in [-0.39, 0.29) is 12.1 Å². The third-order valence-corrected chi connectivity index (χ3v) is 3.74. The van der Waals surface area contributed by atoms with E-state index in [4.69, 9.17) is 4.74 Å². The molecule has 0 N–H and O–H groups in total. The number of ether oxygens (including phenoxy) is 1. The fourth-order valence-electron chi connectivity index (χ4n) is 2.78. The van der Waals surface area contributed by atoms with Crippen molar-refractivity contribution in [1.82, 2.24) is 0 Å². The van der Waals surface area contributed by atoms with Crippen LogP contribution in [0.2, 0.25) is 0 Å². The summed E-state index contributed by atoms with van der Waals surface area (Å²) in [4.78, 5) is 11.3. The number of cyclic esters (lactones) is 1. The summed E-state index contributed by atoms with van der Waals surface area (Å²) in [7, 11) is 0. The summed E-state index contributed by atoms with van der Waals surface area (Å²) in [5, 5.41) is 4.71. The lowest BCUT2D eigenvalue weighted by molar-refractivity contribution is -0.138. The highest BCUT2D eigenvalue weighted by atomic mass is 16.5. The Morgan fingerprint density at radius 1 is 0.850 bits per heavy atom. The van der Waals surface area contributed by atoms with Crippen molar-refractivity contribution in [1.29, 1.82) is 0 Å². The summed E-state index contributed by atoms with van der Waals surface area (Å²) in [5.41, 5.74) is 1.04. The van der Waals surface area contributed by atoms with Gasteiger partial charge in [0.05, 0.1) is 0 Å². The molecule has 0 saturated heterocycles. The van der Waals surface area contributed by atoms with Crippen molar-refractivity contribution in [2.75, 3.05) is 0 Å². The Morgan fingerprint density at radius 3 is 2.35 bits per heavy atom. The summed E-state index contributed by atoms with van der Waals surface area (Å²) in [5.74, 6) is -0.271. The Bertz CT molecular complexity index is 862. The molecule has 0 bridgehead atoms. The molecule has 1 heterocycles. The van der Waals surface area contributed by atoms with Gasteiger partial charge in [-0.3, -0.25) is 0 Å². The molecule has 0 spiro atoms. The van der Waals surface area contributed by atoms with Crippen LogP contribution in [-0.2, 0) is 9.53 Å².